The quantitative estimate of drug-likeness (QED) is 0.789. The number of hydrogen-bond donors (Lipinski definition) is 1. The van der Waals surface area contributed by atoms with Crippen molar-refractivity contribution in [3.8, 4) is 11.5 Å². The van der Waals surface area contributed by atoms with Crippen molar-refractivity contribution >= 4 is 5.91 Å². The van der Waals surface area contributed by atoms with E-state index in [0.717, 1.165) is 0 Å². The van der Waals surface area contributed by atoms with Crippen LogP contribution in [0.15, 0.2) is 24.3 Å². The van der Waals surface area contributed by atoms with E-state index in [1.807, 2.05) is 19.1 Å². The van der Waals surface area contributed by atoms with Crippen LogP contribution in [0.4, 0.5) is 0 Å². The monoisotopic (exact) mass is 207 g/mol. The van der Waals surface area contributed by atoms with Crippen LogP contribution in [0.3, 0.4) is 0 Å². The lowest BCUT2D eigenvalue weighted by atomic mass is 10.00. The molecule has 0 aliphatic carbocycles. The summed E-state index contributed by atoms with van der Waals surface area (Å²) in [7, 11) is 0. The minimum atomic E-state index is -1.02. The fraction of sp³-hybridized carbons (Fsp3) is 0.364. The molecule has 0 fully saturated rings. The zero-order chi connectivity index (χ0) is 10.9. The van der Waals surface area contributed by atoms with E-state index >= 15 is 0 Å². The molecule has 1 aromatic carbocycles. The van der Waals surface area contributed by atoms with E-state index in [0.29, 0.717) is 17.9 Å². The smallest absolute Gasteiger partial charge is 0.265 e. The van der Waals surface area contributed by atoms with Crippen molar-refractivity contribution in [1.29, 1.82) is 0 Å². The first-order valence-corrected chi connectivity index (χ1v) is 4.89. The van der Waals surface area contributed by atoms with Crippen LogP contribution >= 0.6 is 0 Å². The lowest BCUT2D eigenvalue weighted by Gasteiger charge is -2.34. The van der Waals surface area contributed by atoms with Gasteiger partial charge in [0.25, 0.3) is 5.91 Å². The van der Waals surface area contributed by atoms with E-state index in [9.17, 15) is 4.79 Å². The largest absolute Gasteiger partial charge is 0.485 e. The van der Waals surface area contributed by atoms with Gasteiger partial charge in [0.2, 0.25) is 5.60 Å². The van der Waals surface area contributed by atoms with Crippen molar-refractivity contribution < 1.29 is 14.3 Å². The van der Waals surface area contributed by atoms with Crippen LogP contribution in [0, 0.1) is 0 Å². The first-order chi connectivity index (χ1) is 7.18. The molecule has 4 heteroatoms. The second-order valence-corrected chi connectivity index (χ2v) is 3.55. The number of primary amides is 1. The number of rotatable bonds is 2. The average molecular weight is 207 g/mol. The maximum absolute atomic E-state index is 11.3. The summed E-state index contributed by atoms with van der Waals surface area (Å²) in [5.74, 6) is 0.742. The third-order valence-electron chi connectivity index (χ3n) is 2.64. The van der Waals surface area contributed by atoms with Crippen LogP contribution in [0.1, 0.15) is 13.3 Å². The molecule has 1 aliphatic heterocycles. The van der Waals surface area contributed by atoms with Crippen molar-refractivity contribution in [2.75, 3.05) is 6.61 Å². The maximum atomic E-state index is 11.3. The predicted molar refractivity (Wildman–Crippen MR) is 54.8 cm³/mol. The number of benzene rings is 1. The highest BCUT2D eigenvalue weighted by Gasteiger charge is 2.41. The molecule has 0 saturated heterocycles. The zero-order valence-corrected chi connectivity index (χ0v) is 8.53. The van der Waals surface area contributed by atoms with Gasteiger partial charge in [0.15, 0.2) is 11.5 Å². The zero-order valence-electron chi connectivity index (χ0n) is 8.53. The van der Waals surface area contributed by atoms with Gasteiger partial charge in [-0.25, -0.2) is 0 Å². The van der Waals surface area contributed by atoms with Crippen LogP contribution in [-0.4, -0.2) is 18.1 Å². The average Bonchev–Trinajstić information content (AvgIpc) is 2.28. The lowest BCUT2D eigenvalue weighted by molar-refractivity contribution is -0.138. The lowest BCUT2D eigenvalue weighted by Crippen LogP contribution is -2.54. The predicted octanol–water partition coefficient (Wildman–Crippen LogP) is 1.09. The number of para-hydroxylation sites is 2. The van der Waals surface area contributed by atoms with E-state index in [1.165, 1.54) is 0 Å². The highest BCUT2D eigenvalue weighted by atomic mass is 16.6. The standard InChI is InChI=1S/C11H13NO3/c1-2-11(10(12)13)7-14-8-5-3-4-6-9(8)15-11/h3-6H,2,7H2,1H3,(H2,12,13). The Morgan fingerprint density at radius 1 is 1.47 bits per heavy atom. The third-order valence-corrected chi connectivity index (χ3v) is 2.64. The second kappa shape index (κ2) is 3.46. The number of fused-ring (bicyclic) bond motifs is 1. The van der Waals surface area contributed by atoms with Gasteiger partial charge in [-0.3, -0.25) is 4.79 Å². The molecule has 1 amide bonds. The molecule has 80 valence electrons. The van der Waals surface area contributed by atoms with Crippen molar-refractivity contribution in [3.63, 3.8) is 0 Å². The van der Waals surface area contributed by atoms with Gasteiger partial charge in [-0.2, -0.15) is 0 Å². The molecule has 0 bridgehead atoms. The SMILES string of the molecule is CCC1(C(N)=O)COc2ccccc2O1. The van der Waals surface area contributed by atoms with E-state index in [1.54, 1.807) is 12.1 Å². The van der Waals surface area contributed by atoms with Gasteiger partial charge in [-0.1, -0.05) is 19.1 Å². The molecule has 1 unspecified atom stereocenters. The highest BCUT2D eigenvalue weighted by molar-refractivity contribution is 5.84. The van der Waals surface area contributed by atoms with Crippen LogP contribution in [-0.2, 0) is 4.79 Å². The molecule has 1 atom stereocenters. The summed E-state index contributed by atoms with van der Waals surface area (Å²) < 4.78 is 11.1. The van der Waals surface area contributed by atoms with Gasteiger partial charge in [0.05, 0.1) is 0 Å². The molecule has 1 aliphatic rings. The normalized spacial score (nSPS) is 23.5. The molecule has 2 N–H and O–H groups in total. The highest BCUT2D eigenvalue weighted by Crippen LogP contribution is 2.35. The number of hydrogen-bond acceptors (Lipinski definition) is 3. The minimum absolute atomic E-state index is 0.176. The number of carbonyl (C=O) groups excluding carboxylic acids is 1. The molecule has 0 aromatic heterocycles. The van der Waals surface area contributed by atoms with Gasteiger partial charge in [-0.05, 0) is 18.6 Å². The summed E-state index contributed by atoms with van der Waals surface area (Å²) in [5.41, 5.74) is 4.31. The van der Waals surface area contributed by atoms with Crippen LogP contribution in [0.25, 0.3) is 0 Å². The summed E-state index contributed by atoms with van der Waals surface area (Å²) in [6.07, 6.45) is 0.497. The Morgan fingerprint density at radius 2 is 2.13 bits per heavy atom. The molecular weight excluding hydrogens is 194 g/mol. The van der Waals surface area contributed by atoms with Gasteiger partial charge in [0, 0.05) is 0 Å². The van der Waals surface area contributed by atoms with Crippen molar-refractivity contribution in [1.82, 2.24) is 0 Å². The summed E-state index contributed by atoms with van der Waals surface area (Å²) in [5, 5.41) is 0. The summed E-state index contributed by atoms with van der Waals surface area (Å²) in [4.78, 5) is 11.3. The number of nitrogens with two attached hydrogens (primary N) is 1. The minimum Gasteiger partial charge on any atom is -0.485 e. The van der Waals surface area contributed by atoms with Crippen molar-refractivity contribution in [3.05, 3.63) is 24.3 Å². The Bertz CT molecular complexity index is 391. The molecule has 2 rings (SSSR count). The Balaban J connectivity index is 2.35. The van der Waals surface area contributed by atoms with Crippen LogP contribution in [0.5, 0.6) is 11.5 Å². The first-order valence-electron chi connectivity index (χ1n) is 4.89. The topological polar surface area (TPSA) is 61.6 Å². The summed E-state index contributed by atoms with van der Waals surface area (Å²) >= 11 is 0. The number of amides is 1. The van der Waals surface area contributed by atoms with E-state index < -0.39 is 11.5 Å². The van der Waals surface area contributed by atoms with E-state index in [4.69, 9.17) is 15.2 Å². The molecule has 0 radical (unpaired) electrons. The fourth-order valence-electron chi connectivity index (χ4n) is 1.56. The van der Waals surface area contributed by atoms with Gasteiger partial charge < -0.3 is 15.2 Å². The van der Waals surface area contributed by atoms with Crippen LogP contribution < -0.4 is 15.2 Å². The van der Waals surface area contributed by atoms with Crippen molar-refractivity contribution in [2.45, 2.75) is 18.9 Å². The van der Waals surface area contributed by atoms with Crippen LogP contribution in [0.2, 0.25) is 0 Å². The number of carbonyl (C=O) groups is 1. The molecular formula is C11H13NO3. The Morgan fingerprint density at radius 3 is 2.73 bits per heavy atom. The molecule has 0 saturated carbocycles. The van der Waals surface area contributed by atoms with E-state index in [2.05, 4.69) is 0 Å². The summed E-state index contributed by atoms with van der Waals surface area (Å²) in [6.45, 7) is 2.03. The molecule has 15 heavy (non-hydrogen) atoms. The molecule has 1 heterocycles. The molecule has 1 aromatic rings. The van der Waals surface area contributed by atoms with Crippen molar-refractivity contribution in [2.24, 2.45) is 5.73 Å². The Labute approximate surface area is 88.0 Å². The Hall–Kier alpha value is -1.71. The Kier molecular flexibility index (Phi) is 2.26. The van der Waals surface area contributed by atoms with Gasteiger partial charge in [0.1, 0.15) is 6.61 Å². The van der Waals surface area contributed by atoms with E-state index in [-0.39, 0.29) is 6.61 Å². The summed E-state index contributed by atoms with van der Waals surface area (Å²) in [6, 6.07) is 7.25. The third kappa shape index (κ3) is 1.52. The fourth-order valence-corrected chi connectivity index (χ4v) is 1.56. The van der Waals surface area contributed by atoms with Gasteiger partial charge in [-0.15, -0.1) is 0 Å². The molecule has 0 spiro atoms. The maximum Gasteiger partial charge on any atom is 0.265 e. The number of ether oxygens (including phenoxy) is 2. The van der Waals surface area contributed by atoms with Gasteiger partial charge >= 0.3 is 0 Å². The molecule has 4 nitrogen and oxygen atoms in total. The first kappa shape index (κ1) is 9.83. The second-order valence-electron chi connectivity index (χ2n) is 3.55.